The number of carbonyl (C=O) groups excluding carboxylic acids is 1. The largest absolute Gasteiger partial charge is 0.289 e. The molecule has 106 valence electrons. The summed E-state index contributed by atoms with van der Waals surface area (Å²) in [6.07, 6.45) is 1.66. The van der Waals surface area contributed by atoms with Crippen molar-refractivity contribution in [3.8, 4) is 11.5 Å². The first kappa shape index (κ1) is 13.7. The maximum Gasteiger partial charge on any atom is 0.260 e. The van der Waals surface area contributed by atoms with E-state index < -0.39 is 0 Å². The summed E-state index contributed by atoms with van der Waals surface area (Å²) in [5, 5.41) is 9.28. The number of carbonyl (C=O) groups is 1. The monoisotopic (exact) mass is 319 g/mol. The van der Waals surface area contributed by atoms with Crippen LogP contribution in [0.3, 0.4) is 0 Å². The van der Waals surface area contributed by atoms with E-state index in [1.165, 1.54) is 11.3 Å². The fourth-order valence-corrected chi connectivity index (χ4v) is 2.97. The molecule has 3 aromatic rings. The van der Waals surface area contributed by atoms with Gasteiger partial charge in [0.25, 0.3) is 5.91 Å². The molecular formula is C13H10ClN5OS. The molecule has 2 N–H and O–H groups in total. The van der Waals surface area contributed by atoms with Crippen LogP contribution in [-0.4, -0.2) is 26.1 Å². The van der Waals surface area contributed by atoms with Crippen LogP contribution in [0, 0.1) is 6.92 Å². The smallest absolute Gasteiger partial charge is 0.260 e. The van der Waals surface area contributed by atoms with Crippen LogP contribution in [0.2, 0.25) is 4.34 Å². The van der Waals surface area contributed by atoms with E-state index in [0.29, 0.717) is 21.4 Å². The van der Waals surface area contributed by atoms with E-state index in [9.17, 15) is 4.79 Å². The first-order valence-electron chi connectivity index (χ1n) is 6.04. The van der Waals surface area contributed by atoms with Crippen molar-refractivity contribution in [2.24, 2.45) is 0 Å². The summed E-state index contributed by atoms with van der Waals surface area (Å²) in [7, 11) is 0. The fraction of sp³-hybridized carbons (Fsp3) is 0.0769. The van der Waals surface area contributed by atoms with E-state index in [2.05, 4.69) is 25.5 Å². The van der Waals surface area contributed by atoms with Crippen LogP contribution >= 0.6 is 22.9 Å². The summed E-state index contributed by atoms with van der Waals surface area (Å²) in [4.78, 5) is 21.4. The van der Waals surface area contributed by atoms with Gasteiger partial charge in [-0.15, -0.1) is 16.4 Å². The lowest BCUT2D eigenvalue weighted by Crippen LogP contribution is -2.12. The molecule has 0 aromatic carbocycles. The van der Waals surface area contributed by atoms with Crippen LogP contribution in [-0.2, 0) is 0 Å². The topological polar surface area (TPSA) is 83.6 Å². The third-order valence-electron chi connectivity index (χ3n) is 2.67. The highest BCUT2D eigenvalue weighted by atomic mass is 35.5. The van der Waals surface area contributed by atoms with Crippen LogP contribution in [0.4, 0.5) is 5.95 Å². The van der Waals surface area contributed by atoms with Crippen molar-refractivity contribution in [2.45, 2.75) is 6.92 Å². The van der Waals surface area contributed by atoms with Gasteiger partial charge in [0.1, 0.15) is 10.0 Å². The molecule has 0 bridgehead atoms. The van der Waals surface area contributed by atoms with Gasteiger partial charge < -0.3 is 0 Å². The lowest BCUT2D eigenvalue weighted by atomic mass is 10.3. The number of aromatic amines is 1. The minimum Gasteiger partial charge on any atom is -0.289 e. The van der Waals surface area contributed by atoms with Gasteiger partial charge in [-0.1, -0.05) is 17.7 Å². The molecule has 0 unspecified atom stereocenters. The van der Waals surface area contributed by atoms with Gasteiger partial charge in [-0.2, -0.15) is 4.98 Å². The second kappa shape index (κ2) is 5.63. The van der Waals surface area contributed by atoms with Crippen molar-refractivity contribution in [1.29, 1.82) is 0 Å². The standard InChI is InChI=1S/C13H10ClN5OS/c1-7-6-8(10(14)21-7)12(20)17-13-16-11(18-19-13)9-4-2-3-5-15-9/h2-6H,1H3,(H2,16,17,18,19,20). The number of H-pyrrole nitrogens is 1. The molecule has 0 saturated carbocycles. The summed E-state index contributed by atoms with van der Waals surface area (Å²) in [6.45, 7) is 1.89. The zero-order chi connectivity index (χ0) is 14.8. The van der Waals surface area contributed by atoms with Gasteiger partial charge in [0.2, 0.25) is 5.95 Å². The molecule has 0 atom stereocenters. The Hall–Kier alpha value is -2.25. The Bertz CT molecular complexity index is 783. The Morgan fingerprint density at radius 1 is 1.43 bits per heavy atom. The van der Waals surface area contributed by atoms with Crippen molar-refractivity contribution >= 4 is 34.8 Å². The van der Waals surface area contributed by atoms with Crippen LogP contribution in [0.25, 0.3) is 11.5 Å². The number of amides is 1. The number of halogens is 1. The lowest BCUT2D eigenvalue weighted by molar-refractivity contribution is 0.102. The molecule has 0 aliphatic carbocycles. The van der Waals surface area contributed by atoms with E-state index in [1.807, 2.05) is 19.1 Å². The van der Waals surface area contributed by atoms with Gasteiger partial charge in [-0.25, -0.2) is 0 Å². The van der Waals surface area contributed by atoms with Crippen molar-refractivity contribution in [3.05, 3.63) is 45.2 Å². The average molecular weight is 320 g/mol. The highest BCUT2D eigenvalue weighted by Gasteiger charge is 2.16. The predicted molar refractivity (Wildman–Crippen MR) is 81.6 cm³/mol. The van der Waals surface area contributed by atoms with Gasteiger partial charge in [-0.3, -0.25) is 20.2 Å². The molecule has 3 aromatic heterocycles. The van der Waals surface area contributed by atoms with Crippen LogP contribution < -0.4 is 5.32 Å². The molecule has 0 saturated heterocycles. The Morgan fingerprint density at radius 3 is 2.95 bits per heavy atom. The number of rotatable bonds is 3. The van der Waals surface area contributed by atoms with Crippen LogP contribution in [0.1, 0.15) is 15.2 Å². The molecule has 0 fully saturated rings. The molecule has 0 radical (unpaired) electrons. The van der Waals surface area contributed by atoms with E-state index in [4.69, 9.17) is 11.6 Å². The number of aromatic nitrogens is 4. The normalized spacial score (nSPS) is 10.6. The molecule has 0 spiro atoms. The van der Waals surface area contributed by atoms with Gasteiger partial charge >= 0.3 is 0 Å². The second-order valence-electron chi connectivity index (χ2n) is 4.22. The van der Waals surface area contributed by atoms with E-state index in [-0.39, 0.29) is 11.9 Å². The van der Waals surface area contributed by atoms with Crippen molar-refractivity contribution < 1.29 is 4.79 Å². The van der Waals surface area contributed by atoms with Gasteiger partial charge in [0.05, 0.1) is 5.56 Å². The van der Waals surface area contributed by atoms with E-state index in [0.717, 1.165) is 4.88 Å². The highest BCUT2D eigenvalue weighted by molar-refractivity contribution is 7.16. The number of hydrogen-bond donors (Lipinski definition) is 2. The molecule has 8 heteroatoms. The number of thiophene rings is 1. The number of anilines is 1. The van der Waals surface area contributed by atoms with Crippen LogP contribution in [0.15, 0.2) is 30.5 Å². The summed E-state index contributed by atoms with van der Waals surface area (Å²) in [6, 6.07) is 7.18. The molecule has 0 aliphatic rings. The molecule has 21 heavy (non-hydrogen) atoms. The lowest BCUT2D eigenvalue weighted by Gasteiger charge is -1.98. The van der Waals surface area contributed by atoms with E-state index >= 15 is 0 Å². The Labute approximate surface area is 129 Å². The van der Waals surface area contributed by atoms with Gasteiger partial charge in [0.15, 0.2) is 5.82 Å². The highest BCUT2D eigenvalue weighted by Crippen LogP contribution is 2.27. The number of nitrogens with zero attached hydrogens (tertiary/aromatic N) is 3. The minimum absolute atomic E-state index is 0.181. The summed E-state index contributed by atoms with van der Waals surface area (Å²) < 4.78 is 0.450. The maximum atomic E-state index is 12.1. The van der Waals surface area contributed by atoms with Crippen molar-refractivity contribution in [2.75, 3.05) is 5.32 Å². The average Bonchev–Trinajstić information content (AvgIpc) is 3.06. The van der Waals surface area contributed by atoms with E-state index in [1.54, 1.807) is 18.3 Å². The zero-order valence-electron chi connectivity index (χ0n) is 10.9. The van der Waals surface area contributed by atoms with Gasteiger partial charge in [-0.05, 0) is 25.1 Å². The first-order chi connectivity index (χ1) is 10.1. The summed E-state index contributed by atoms with van der Waals surface area (Å²) >= 11 is 7.36. The fourth-order valence-electron chi connectivity index (χ4n) is 1.74. The van der Waals surface area contributed by atoms with Crippen molar-refractivity contribution in [1.82, 2.24) is 20.2 Å². The third-order valence-corrected chi connectivity index (χ3v) is 3.95. The molecule has 6 nitrogen and oxygen atoms in total. The molecule has 0 aliphatic heterocycles. The minimum atomic E-state index is -0.337. The molecule has 3 heterocycles. The zero-order valence-corrected chi connectivity index (χ0v) is 12.5. The van der Waals surface area contributed by atoms with Crippen molar-refractivity contribution in [3.63, 3.8) is 0 Å². The summed E-state index contributed by atoms with van der Waals surface area (Å²) in [5.74, 6) is 0.329. The Balaban J connectivity index is 1.79. The molecule has 1 amide bonds. The maximum absolute atomic E-state index is 12.1. The predicted octanol–water partition coefficient (Wildman–Crippen LogP) is 3.14. The second-order valence-corrected chi connectivity index (χ2v) is 6.08. The van der Waals surface area contributed by atoms with Crippen LogP contribution in [0.5, 0.6) is 0 Å². The SMILES string of the molecule is Cc1cc(C(=O)Nc2n[nH]c(-c3ccccn3)n2)c(Cl)s1. The summed E-state index contributed by atoms with van der Waals surface area (Å²) in [5.41, 5.74) is 1.07. The van der Waals surface area contributed by atoms with Gasteiger partial charge in [0, 0.05) is 11.1 Å². The molecule has 3 rings (SSSR count). The number of nitrogens with one attached hydrogen (secondary N) is 2. The Kier molecular flexibility index (Phi) is 3.68. The molecular weight excluding hydrogens is 310 g/mol. The first-order valence-corrected chi connectivity index (χ1v) is 7.24. The quantitative estimate of drug-likeness (QED) is 0.776. The number of pyridine rings is 1. The third kappa shape index (κ3) is 2.93. The Morgan fingerprint density at radius 2 is 2.29 bits per heavy atom. The number of aryl methyl sites for hydroxylation is 1. The number of hydrogen-bond acceptors (Lipinski definition) is 5.